The van der Waals surface area contributed by atoms with E-state index in [1.54, 1.807) is 14.2 Å². The summed E-state index contributed by atoms with van der Waals surface area (Å²) in [5, 5.41) is 0. The summed E-state index contributed by atoms with van der Waals surface area (Å²) in [6, 6.07) is 10.6. The van der Waals surface area contributed by atoms with Crippen molar-refractivity contribution in [2.75, 3.05) is 25.7 Å². The van der Waals surface area contributed by atoms with Crippen LogP contribution >= 0.6 is 0 Å². The second-order valence-electron chi connectivity index (χ2n) is 5.23. The van der Waals surface area contributed by atoms with Gasteiger partial charge in [0.25, 0.3) is 0 Å². The highest BCUT2D eigenvalue weighted by molar-refractivity contribution is 6.68. The van der Waals surface area contributed by atoms with Crippen LogP contribution < -0.4 is 4.90 Å². The second kappa shape index (κ2) is 8.45. The number of anilines is 1. The minimum absolute atomic E-state index is 0.325. The summed E-state index contributed by atoms with van der Waals surface area (Å²) in [4.78, 5) is 2.47. The standard InChI is InChI=1S/C16H29NO2Si/c1-6-8-14-17(15-12-10-9-11-13-15)16(7-2)20(5,18-3)19-4/h9-13,16H,6-8,14H2,1-5H3. The highest BCUT2D eigenvalue weighted by atomic mass is 28.4. The fourth-order valence-electron chi connectivity index (χ4n) is 2.64. The molecule has 1 unspecified atom stereocenters. The Morgan fingerprint density at radius 3 is 2.15 bits per heavy atom. The molecule has 1 atom stereocenters. The maximum absolute atomic E-state index is 5.80. The Balaban J connectivity index is 3.07. The number of hydrogen-bond acceptors (Lipinski definition) is 3. The SMILES string of the molecule is CCCCN(c1ccccc1)C(CC)[Si](C)(OC)OC. The molecule has 1 aromatic rings. The molecule has 20 heavy (non-hydrogen) atoms. The molecule has 0 saturated heterocycles. The molecule has 1 rings (SSSR count). The molecule has 114 valence electrons. The van der Waals surface area contributed by atoms with Crippen molar-refractivity contribution >= 4 is 14.2 Å². The number of para-hydroxylation sites is 1. The molecule has 0 radical (unpaired) electrons. The topological polar surface area (TPSA) is 21.7 Å². The first-order chi connectivity index (χ1) is 9.62. The number of nitrogens with zero attached hydrogens (tertiary/aromatic N) is 1. The average Bonchev–Trinajstić information content (AvgIpc) is 2.51. The van der Waals surface area contributed by atoms with E-state index in [4.69, 9.17) is 8.85 Å². The second-order valence-corrected chi connectivity index (χ2v) is 8.75. The van der Waals surface area contributed by atoms with Crippen molar-refractivity contribution in [2.45, 2.75) is 45.3 Å². The van der Waals surface area contributed by atoms with Crippen LogP contribution in [0.5, 0.6) is 0 Å². The molecule has 0 bridgehead atoms. The zero-order valence-corrected chi connectivity index (χ0v) is 14.6. The number of benzene rings is 1. The molecular weight excluding hydrogens is 266 g/mol. The lowest BCUT2D eigenvalue weighted by Gasteiger charge is -2.41. The summed E-state index contributed by atoms with van der Waals surface area (Å²) in [6.45, 7) is 7.65. The minimum atomic E-state index is -2.20. The maximum atomic E-state index is 5.80. The van der Waals surface area contributed by atoms with Gasteiger partial charge >= 0.3 is 8.56 Å². The van der Waals surface area contributed by atoms with E-state index in [0.29, 0.717) is 5.67 Å². The zero-order chi connectivity index (χ0) is 15.0. The van der Waals surface area contributed by atoms with Gasteiger partial charge in [-0.25, -0.2) is 0 Å². The third kappa shape index (κ3) is 4.07. The smallest absolute Gasteiger partial charge is 0.357 e. The molecule has 0 N–H and O–H groups in total. The summed E-state index contributed by atoms with van der Waals surface area (Å²) in [5.41, 5.74) is 1.59. The van der Waals surface area contributed by atoms with Gasteiger partial charge in [-0.05, 0) is 31.5 Å². The van der Waals surface area contributed by atoms with E-state index in [0.717, 1.165) is 13.0 Å². The maximum Gasteiger partial charge on any atom is 0.357 e. The lowest BCUT2D eigenvalue weighted by molar-refractivity contribution is 0.234. The number of rotatable bonds is 9. The van der Waals surface area contributed by atoms with E-state index in [2.05, 4.69) is 55.6 Å². The van der Waals surface area contributed by atoms with Gasteiger partial charge < -0.3 is 13.8 Å². The van der Waals surface area contributed by atoms with E-state index in [-0.39, 0.29) is 0 Å². The molecule has 0 spiro atoms. The minimum Gasteiger partial charge on any atom is -0.397 e. The summed E-state index contributed by atoms with van der Waals surface area (Å²) in [7, 11) is 1.36. The first-order valence-electron chi connectivity index (χ1n) is 7.54. The van der Waals surface area contributed by atoms with Crippen LogP contribution in [-0.4, -0.2) is 35.0 Å². The molecular formula is C16H29NO2Si. The third-order valence-electron chi connectivity index (χ3n) is 4.02. The highest BCUT2D eigenvalue weighted by Crippen LogP contribution is 2.26. The normalized spacial score (nSPS) is 13.2. The molecule has 0 amide bonds. The van der Waals surface area contributed by atoms with Gasteiger partial charge in [0.2, 0.25) is 0 Å². The molecule has 0 aliphatic rings. The van der Waals surface area contributed by atoms with Crippen LogP contribution in [0.3, 0.4) is 0 Å². The first-order valence-corrected chi connectivity index (χ1v) is 9.94. The van der Waals surface area contributed by atoms with Crippen LogP contribution in [0, 0.1) is 0 Å². The monoisotopic (exact) mass is 295 g/mol. The fraction of sp³-hybridized carbons (Fsp3) is 0.625. The van der Waals surface area contributed by atoms with Crippen molar-refractivity contribution in [2.24, 2.45) is 0 Å². The van der Waals surface area contributed by atoms with Gasteiger partial charge in [-0.3, -0.25) is 0 Å². The van der Waals surface area contributed by atoms with Gasteiger partial charge in [-0.15, -0.1) is 0 Å². The van der Waals surface area contributed by atoms with E-state index in [1.807, 2.05) is 0 Å². The molecule has 0 aliphatic carbocycles. The van der Waals surface area contributed by atoms with Gasteiger partial charge in [-0.1, -0.05) is 38.5 Å². The van der Waals surface area contributed by atoms with Crippen LogP contribution in [0.15, 0.2) is 30.3 Å². The van der Waals surface area contributed by atoms with E-state index >= 15 is 0 Å². The van der Waals surface area contributed by atoms with E-state index in [9.17, 15) is 0 Å². The average molecular weight is 295 g/mol. The molecule has 0 heterocycles. The van der Waals surface area contributed by atoms with Crippen LogP contribution in [0.2, 0.25) is 6.55 Å². The van der Waals surface area contributed by atoms with Gasteiger partial charge in [0.05, 0.1) is 5.67 Å². The van der Waals surface area contributed by atoms with Crippen molar-refractivity contribution in [1.82, 2.24) is 0 Å². The van der Waals surface area contributed by atoms with Crippen molar-refractivity contribution in [3.63, 3.8) is 0 Å². The number of hydrogen-bond donors (Lipinski definition) is 0. The van der Waals surface area contributed by atoms with Crippen LogP contribution in [-0.2, 0) is 8.85 Å². The van der Waals surface area contributed by atoms with Gasteiger partial charge in [-0.2, -0.15) is 0 Å². The Morgan fingerprint density at radius 1 is 1.10 bits per heavy atom. The lowest BCUT2D eigenvalue weighted by atomic mass is 10.2. The molecule has 4 heteroatoms. The van der Waals surface area contributed by atoms with Crippen LogP contribution in [0.1, 0.15) is 33.1 Å². The van der Waals surface area contributed by atoms with Gasteiger partial charge in [0.1, 0.15) is 0 Å². The van der Waals surface area contributed by atoms with Crippen molar-refractivity contribution in [3.05, 3.63) is 30.3 Å². The quantitative estimate of drug-likeness (QED) is 0.643. The van der Waals surface area contributed by atoms with Crippen LogP contribution in [0.4, 0.5) is 5.69 Å². The van der Waals surface area contributed by atoms with Crippen molar-refractivity contribution in [3.8, 4) is 0 Å². The Hall–Kier alpha value is -0.843. The Kier molecular flexibility index (Phi) is 7.27. The third-order valence-corrected chi connectivity index (χ3v) is 7.57. The predicted molar refractivity (Wildman–Crippen MR) is 88.4 cm³/mol. The largest absolute Gasteiger partial charge is 0.397 e. The number of unbranched alkanes of at least 4 members (excludes halogenated alkanes) is 1. The highest BCUT2D eigenvalue weighted by Gasteiger charge is 2.42. The summed E-state index contributed by atoms with van der Waals surface area (Å²) in [5.74, 6) is 0. The van der Waals surface area contributed by atoms with Crippen LogP contribution in [0.25, 0.3) is 0 Å². The van der Waals surface area contributed by atoms with Crippen molar-refractivity contribution in [1.29, 1.82) is 0 Å². The molecule has 0 aromatic heterocycles. The summed E-state index contributed by atoms with van der Waals surface area (Å²) >= 11 is 0. The molecule has 0 fully saturated rings. The molecule has 0 aliphatic heterocycles. The Labute approximate surface area is 125 Å². The van der Waals surface area contributed by atoms with E-state index in [1.165, 1.54) is 18.5 Å². The molecule has 1 aromatic carbocycles. The summed E-state index contributed by atoms with van der Waals surface area (Å²) in [6.07, 6.45) is 3.41. The predicted octanol–water partition coefficient (Wildman–Crippen LogP) is 3.98. The first kappa shape index (κ1) is 17.2. The van der Waals surface area contributed by atoms with Gasteiger partial charge in [0.15, 0.2) is 0 Å². The molecule has 0 saturated carbocycles. The zero-order valence-electron chi connectivity index (χ0n) is 13.6. The molecule has 3 nitrogen and oxygen atoms in total. The summed E-state index contributed by atoms with van der Waals surface area (Å²) < 4.78 is 11.6. The lowest BCUT2D eigenvalue weighted by Crippen LogP contribution is -2.58. The Morgan fingerprint density at radius 2 is 1.70 bits per heavy atom. The van der Waals surface area contributed by atoms with E-state index < -0.39 is 8.56 Å². The van der Waals surface area contributed by atoms with Crippen molar-refractivity contribution < 1.29 is 8.85 Å². The van der Waals surface area contributed by atoms with Gasteiger partial charge in [0, 0.05) is 26.5 Å². The fourth-order valence-corrected chi connectivity index (χ4v) is 4.94. The Bertz CT molecular complexity index is 368.